The van der Waals surface area contributed by atoms with E-state index in [0.717, 1.165) is 11.9 Å². The number of alkyl halides is 1. The first-order valence-electron chi connectivity index (χ1n) is 6.18. The number of hydrogen-bond donors (Lipinski definition) is 0. The van der Waals surface area contributed by atoms with Gasteiger partial charge in [0.2, 0.25) is 5.88 Å². The summed E-state index contributed by atoms with van der Waals surface area (Å²) >= 11 is 3.55. The minimum Gasteiger partial charge on any atom is -0.481 e. The molecule has 4 heteroatoms. The Hall–Kier alpha value is -0.770. The van der Waals surface area contributed by atoms with Crippen molar-refractivity contribution in [2.45, 2.75) is 31.7 Å². The van der Waals surface area contributed by atoms with Gasteiger partial charge in [0.25, 0.3) is 0 Å². The second-order valence-electron chi connectivity index (χ2n) is 4.38. The summed E-state index contributed by atoms with van der Waals surface area (Å²) in [4.78, 5) is 6.66. The molecule has 1 atom stereocenters. The maximum Gasteiger partial charge on any atom is 0.214 e. The van der Waals surface area contributed by atoms with Crippen LogP contribution < -0.4 is 9.64 Å². The summed E-state index contributed by atoms with van der Waals surface area (Å²) in [5.74, 6) is 0.700. The van der Waals surface area contributed by atoms with Gasteiger partial charge >= 0.3 is 0 Å². The topological polar surface area (TPSA) is 25.4 Å². The van der Waals surface area contributed by atoms with Gasteiger partial charge in [0.05, 0.1) is 7.11 Å². The normalized spacial score (nSPS) is 20.4. The van der Waals surface area contributed by atoms with Crippen LogP contribution in [0.2, 0.25) is 0 Å². The van der Waals surface area contributed by atoms with Gasteiger partial charge in [-0.15, -0.1) is 0 Å². The number of pyridine rings is 1. The fourth-order valence-corrected chi connectivity index (χ4v) is 2.98. The Morgan fingerprint density at radius 1 is 1.53 bits per heavy atom. The third-order valence-electron chi connectivity index (χ3n) is 3.33. The molecule has 0 N–H and O–H groups in total. The highest BCUT2D eigenvalue weighted by molar-refractivity contribution is 9.09. The number of rotatable bonds is 4. The molecule has 1 aliphatic rings. The van der Waals surface area contributed by atoms with Crippen LogP contribution in [0.25, 0.3) is 0 Å². The van der Waals surface area contributed by atoms with Crippen molar-refractivity contribution in [3.05, 3.63) is 18.3 Å². The molecule has 1 unspecified atom stereocenters. The van der Waals surface area contributed by atoms with Crippen molar-refractivity contribution in [1.29, 1.82) is 0 Å². The lowest BCUT2D eigenvalue weighted by atomic mass is 9.99. The molecule has 0 aromatic carbocycles. The van der Waals surface area contributed by atoms with Gasteiger partial charge in [0.1, 0.15) is 0 Å². The summed E-state index contributed by atoms with van der Waals surface area (Å²) in [6.45, 7) is 1.14. The first-order valence-corrected chi connectivity index (χ1v) is 7.30. The van der Waals surface area contributed by atoms with Gasteiger partial charge < -0.3 is 9.64 Å². The first kappa shape index (κ1) is 12.7. The molecule has 0 radical (unpaired) electrons. The van der Waals surface area contributed by atoms with Gasteiger partial charge in [-0.3, -0.25) is 0 Å². The summed E-state index contributed by atoms with van der Waals surface area (Å²) in [5, 5.41) is 1.07. The fraction of sp³-hybridized carbons (Fsp3) is 0.615. The maximum atomic E-state index is 5.19. The molecule has 1 fully saturated rings. The lowest BCUT2D eigenvalue weighted by Crippen LogP contribution is -2.39. The average Bonchev–Trinajstić information content (AvgIpc) is 2.40. The Kier molecular flexibility index (Phi) is 4.66. The standard InChI is InChI=1S/C13H19BrN2O/c1-17-13-10-12(6-8-15-13)16-9-3-2-4-11(16)5-7-14/h6,8,10-11H,2-5,7,9H2,1H3. The van der Waals surface area contributed by atoms with E-state index in [1.54, 1.807) is 7.11 Å². The van der Waals surface area contributed by atoms with E-state index >= 15 is 0 Å². The van der Waals surface area contributed by atoms with Crippen LogP contribution in [0.4, 0.5) is 5.69 Å². The Bertz CT molecular complexity index is 357. The van der Waals surface area contributed by atoms with E-state index < -0.39 is 0 Å². The fourth-order valence-electron chi connectivity index (χ4n) is 2.46. The molecule has 1 saturated heterocycles. The number of methoxy groups -OCH3 is 1. The summed E-state index contributed by atoms with van der Waals surface area (Å²) in [6, 6.07) is 4.76. The number of aromatic nitrogens is 1. The molecule has 0 bridgehead atoms. The molecule has 94 valence electrons. The van der Waals surface area contributed by atoms with Crippen molar-refractivity contribution in [3.63, 3.8) is 0 Å². The lowest BCUT2D eigenvalue weighted by Gasteiger charge is -2.37. The molecule has 2 heterocycles. The van der Waals surface area contributed by atoms with E-state index in [1.807, 2.05) is 12.3 Å². The van der Waals surface area contributed by atoms with Gasteiger partial charge in [0.15, 0.2) is 0 Å². The molecular formula is C13H19BrN2O. The first-order chi connectivity index (χ1) is 8.35. The molecule has 0 saturated carbocycles. The van der Waals surface area contributed by atoms with Crippen LogP contribution in [0.3, 0.4) is 0 Å². The molecule has 0 amide bonds. The third-order valence-corrected chi connectivity index (χ3v) is 3.79. The van der Waals surface area contributed by atoms with E-state index in [4.69, 9.17) is 4.74 Å². The quantitative estimate of drug-likeness (QED) is 0.798. The van der Waals surface area contributed by atoms with Crippen LogP contribution in [-0.2, 0) is 0 Å². The molecule has 17 heavy (non-hydrogen) atoms. The lowest BCUT2D eigenvalue weighted by molar-refractivity contribution is 0.396. The highest BCUT2D eigenvalue weighted by Crippen LogP contribution is 2.28. The Balaban J connectivity index is 2.16. The predicted molar refractivity (Wildman–Crippen MR) is 74.2 cm³/mol. The molecule has 3 nitrogen and oxygen atoms in total. The highest BCUT2D eigenvalue weighted by Gasteiger charge is 2.22. The minimum atomic E-state index is 0.648. The monoisotopic (exact) mass is 298 g/mol. The highest BCUT2D eigenvalue weighted by atomic mass is 79.9. The minimum absolute atomic E-state index is 0.648. The van der Waals surface area contributed by atoms with Crippen molar-refractivity contribution >= 4 is 21.6 Å². The van der Waals surface area contributed by atoms with Gasteiger partial charge in [-0.05, 0) is 31.7 Å². The van der Waals surface area contributed by atoms with E-state index in [0.29, 0.717) is 11.9 Å². The van der Waals surface area contributed by atoms with Crippen LogP contribution in [0.5, 0.6) is 5.88 Å². The van der Waals surface area contributed by atoms with E-state index in [-0.39, 0.29) is 0 Å². The third kappa shape index (κ3) is 3.12. The van der Waals surface area contributed by atoms with Gasteiger partial charge in [0, 0.05) is 35.9 Å². The van der Waals surface area contributed by atoms with Gasteiger partial charge in [-0.25, -0.2) is 4.98 Å². The summed E-state index contributed by atoms with van der Waals surface area (Å²) in [5.41, 5.74) is 1.24. The van der Waals surface area contributed by atoms with Crippen molar-refractivity contribution in [2.24, 2.45) is 0 Å². The molecule has 1 aliphatic heterocycles. The van der Waals surface area contributed by atoms with Crippen molar-refractivity contribution in [3.8, 4) is 5.88 Å². The molecule has 1 aromatic heterocycles. The summed E-state index contributed by atoms with van der Waals surface area (Å²) in [6.07, 6.45) is 6.94. The average molecular weight is 299 g/mol. The van der Waals surface area contributed by atoms with Crippen LogP contribution >= 0.6 is 15.9 Å². The molecule has 0 aliphatic carbocycles. The number of piperidine rings is 1. The zero-order valence-electron chi connectivity index (χ0n) is 10.2. The molecular weight excluding hydrogens is 280 g/mol. The van der Waals surface area contributed by atoms with Crippen LogP contribution in [0.15, 0.2) is 18.3 Å². The maximum absolute atomic E-state index is 5.19. The number of ether oxygens (including phenoxy) is 1. The second kappa shape index (κ2) is 6.24. The Morgan fingerprint density at radius 3 is 3.18 bits per heavy atom. The predicted octanol–water partition coefficient (Wildman–Crippen LogP) is 3.23. The Labute approximate surface area is 111 Å². The smallest absolute Gasteiger partial charge is 0.214 e. The van der Waals surface area contributed by atoms with Crippen LogP contribution in [0.1, 0.15) is 25.7 Å². The van der Waals surface area contributed by atoms with Crippen molar-refractivity contribution < 1.29 is 4.74 Å². The number of nitrogens with zero attached hydrogens (tertiary/aromatic N) is 2. The number of hydrogen-bond acceptors (Lipinski definition) is 3. The summed E-state index contributed by atoms with van der Waals surface area (Å²) in [7, 11) is 1.66. The second-order valence-corrected chi connectivity index (χ2v) is 5.17. The zero-order valence-corrected chi connectivity index (χ0v) is 11.8. The van der Waals surface area contributed by atoms with E-state index in [1.165, 1.54) is 31.4 Å². The van der Waals surface area contributed by atoms with E-state index in [2.05, 4.69) is 31.9 Å². The van der Waals surface area contributed by atoms with Gasteiger partial charge in [-0.1, -0.05) is 15.9 Å². The Morgan fingerprint density at radius 2 is 2.41 bits per heavy atom. The molecule has 0 spiro atoms. The largest absolute Gasteiger partial charge is 0.481 e. The molecule has 1 aromatic rings. The van der Waals surface area contributed by atoms with Crippen molar-refractivity contribution in [2.75, 3.05) is 23.9 Å². The summed E-state index contributed by atoms with van der Waals surface area (Å²) < 4.78 is 5.19. The van der Waals surface area contributed by atoms with Gasteiger partial charge in [-0.2, -0.15) is 0 Å². The number of halogens is 1. The SMILES string of the molecule is COc1cc(N2CCCCC2CCBr)ccn1. The zero-order chi connectivity index (χ0) is 12.1. The van der Waals surface area contributed by atoms with E-state index in [9.17, 15) is 0 Å². The van der Waals surface area contributed by atoms with Crippen LogP contribution in [-0.4, -0.2) is 30.0 Å². The molecule has 2 rings (SSSR count). The number of anilines is 1. The van der Waals surface area contributed by atoms with Crippen LogP contribution in [0, 0.1) is 0 Å². The van der Waals surface area contributed by atoms with Crippen molar-refractivity contribution in [1.82, 2.24) is 4.98 Å².